The highest BCUT2D eigenvalue weighted by molar-refractivity contribution is 6.47. The number of allylic oxidation sites excluding steroid dienone is 2. The maximum Gasteiger partial charge on any atom is 0.229 e. The smallest absolute Gasteiger partial charge is 0.229 e. The van der Waals surface area contributed by atoms with E-state index < -0.39 is 11.6 Å². The third-order valence-corrected chi connectivity index (χ3v) is 3.24. The molecule has 0 aliphatic rings. The van der Waals surface area contributed by atoms with E-state index in [4.69, 9.17) is 11.6 Å². The van der Waals surface area contributed by atoms with Gasteiger partial charge in [-0.1, -0.05) is 41.9 Å². The SMILES string of the molecule is O=C(/C=C(\O)c1ccccc1)C(=O)/C=C(\O)c1ccc(Cl)cc1. The molecule has 0 bridgehead atoms. The van der Waals surface area contributed by atoms with Crippen LogP contribution in [0, 0.1) is 0 Å². The topological polar surface area (TPSA) is 74.6 Å². The minimum absolute atomic E-state index is 0.316. The van der Waals surface area contributed by atoms with Gasteiger partial charge in [0.05, 0.1) is 0 Å². The van der Waals surface area contributed by atoms with Gasteiger partial charge >= 0.3 is 0 Å². The van der Waals surface area contributed by atoms with Crippen LogP contribution in [0.4, 0.5) is 0 Å². The predicted molar refractivity (Wildman–Crippen MR) is 89.1 cm³/mol. The molecule has 116 valence electrons. The number of benzene rings is 2. The van der Waals surface area contributed by atoms with Crippen molar-refractivity contribution in [2.24, 2.45) is 0 Å². The Hall–Kier alpha value is -2.85. The monoisotopic (exact) mass is 328 g/mol. The van der Waals surface area contributed by atoms with Gasteiger partial charge in [0.1, 0.15) is 11.5 Å². The summed E-state index contributed by atoms with van der Waals surface area (Å²) in [5.41, 5.74) is 0.770. The minimum atomic E-state index is -0.945. The van der Waals surface area contributed by atoms with Gasteiger partial charge in [-0.15, -0.1) is 0 Å². The Kier molecular flexibility index (Phi) is 5.33. The third-order valence-electron chi connectivity index (χ3n) is 2.99. The lowest BCUT2D eigenvalue weighted by Gasteiger charge is -2.00. The molecule has 0 fully saturated rings. The number of halogens is 1. The van der Waals surface area contributed by atoms with Gasteiger partial charge in [-0.05, 0) is 24.3 Å². The first-order chi connectivity index (χ1) is 11.0. The lowest BCUT2D eigenvalue weighted by atomic mass is 10.1. The van der Waals surface area contributed by atoms with Gasteiger partial charge in [-0.2, -0.15) is 0 Å². The largest absolute Gasteiger partial charge is 0.507 e. The van der Waals surface area contributed by atoms with Crippen molar-refractivity contribution in [3.8, 4) is 0 Å². The lowest BCUT2D eigenvalue weighted by Crippen LogP contribution is -2.09. The molecule has 0 unspecified atom stereocenters. The summed E-state index contributed by atoms with van der Waals surface area (Å²) in [6.07, 6.45) is 1.63. The normalized spacial score (nSPS) is 12.0. The van der Waals surface area contributed by atoms with Crippen molar-refractivity contribution in [2.75, 3.05) is 0 Å². The van der Waals surface area contributed by atoms with Gasteiger partial charge < -0.3 is 10.2 Å². The molecule has 2 rings (SSSR count). The van der Waals surface area contributed by atoms with Gasteiger partial charge in [0.25, 0.3) is 0 Å². The van der Waals surface area contributed by atoms with Crippen molar-refractivity contribution in [3.05, 3.63) is 82.9 Å². The molecule has 0 aliphatic carbocycles. The van der Waals surface area contributed by atoms with E-state index in [0.717, 1.165) is 12.2 Å². The molecule has 0 atom stereocenters. The zero-order valence-corrected chi connectivity index (χ0v) is 12.7. The number of carbonyl (C=O) groups excluding carboxylic acids is 2. The van der Waals surface area contributed by atoms with Crippen LogP contribution in [0.1, 0.15) is 11.1 Å². The van der Waals surface area contributed by atoms with Crippen molar-refractivity contribution in [2.45, 2.75) is 0 Å². The van der Waals surface area contributed by atoms with Crippen LogP contribution in [0.15, 0.2) is 66.7 Å². The average Bonchev–Trinajstić information content (AvgIpc) is 2.56. The molecule has 0 aliphatic heterocycles. The highest BCUT2D eigenvalue weighted by Crippen LogP contribution is 2.16. The molecule has 2 N–H and O–H groups in total. The summed E-state index contributed by atoms with van der Waals surface area (Å²) in [5, 5.41) is 20.1. The summed E-state index contributed by atoms with van der Waals surface area (Å²) in [4.78, 5) is 23.6. The molecule has 0 saturated heterocycles. The van der Waals surface area contributed by atoms with Crippen molar-refractivity contribution < 1.29 is 19.8 Å². The van der Waals surface area contributed by atoms with Gasteiger partial charge in [0, 0.05) is 28.3 Å². The van der Waals surface area contributed by atoms with E-state index in [1.165, 1.54) is 12.1 Å². The van der Waals surface area contributed by atoms with Crippen LogP contribution in [-0.4, -0.2) is 21.8 Å². The molecule has 2 aromatic rings. The Balaban J connectivity index is 2.15. The number of ketones is 2. The molecule has 4 nitrogen and oxygen atoms in total. The minimum Gasteiger partial charge on any atom is -0.507 e. The van der Waals surface area contributed by atoms with E-state index in [0.29, 0.717) is 16.1 Å². The van der Waals surface area contributed by atoms with Crippen LogP contribution in [0.3, 0.4) is 0 Å². The molecular weight excluding hydrogens is 316 g/mol. The van der Waals surface area contributed by atoms with Crippen molar-refractivity contribution >= 4 is 34.7 Å². The van der Waals surface area contributed by atoms with Crippen LogP contribution >= 0.6 is 11.6 Å². The molecule has 0 heterocycles. The summed E-state index contributed by atoms with van der Waals surface area (Å²) in [6, 6.07) is 14.5. The Morgan fingerprint density at radius 1 is 0.739 bits per heavy atom. The fraction of sp³-hybridized carbons (Fsp3) is 0. The molecule has 2 aromatic carbocycles. The van der Waals surface area contributed by atoms with Crippen LogP contribution < -0.4 is 0 Å². The van der Waals surface area contributed by atoms with Gasteiger partial charge in [-0.3, -0.25) is 9.59 Å². The standard InChI is InChI=1S/C18H13ClO4/c19-14-8-6-13(7-9-14)16(21)11-18(23)17(22)10-15(20)12-4-2-1-3-5-12/h1-11,20-21H/b15-10-,16-11-. The Morgan fingerprint density at radius 3 is 1.65 bits per heavy atom. The summed E-state index contributed by atoms with van der Waals surface area (Å²) in [5.74, 6) is -2.55. The molecule has 0 radical (unpaired) electrons. The van der Waals surface area contributed by atoms with Gasteiger partial charge in [0.2, 0.25) is 11.6 Å². The summed E-state index contributed by atoms with van der Waals surface area (Å²) < 4.78 is 0. The zero-order chi connectivity index (χ0) is 16.8. The molecule has 0 amide bonds. The first kappa shape index (κ1) is 16.5. The van der Waals surface area contributed by atoms with Crippen molar-refractivity contribution in [1.82, 2.24) is 0 Å². The van der Waals surface area contributed by atoms with Crippen LogP contribution in [0.2, 0.25) is 5.02 Å². The van der Waals surface area contributed by atoms with Crippen LogP contribution in [0.5, 0.6) is 0 Å². The molecule has 0 spiro atoms. The fourth-order valence-electron chi connectivity index (χ4n) is 1.79. The molecule has 5 heteroatoms. The molecular formula is C18H13ClO4. The maximum absolute atomic E-state index is 11.8. The zero-order valence-electron chi connectivity index (χ0n) is 11.9. The number of rotatable bonds is 5. The van der Waals surface area contributed by atoms with Crippen molar-refractivity contribution in [1.29, 1.82) is 0 Å². The number of hydrogen-bond acceptors (Lipinski definition) is 4. The first-order valence-electron chi connectivity index (χ1n) is 6.68. The lowest BCUT2D eigenvalue weighted by molar-refractivity contribution is -0.130. The molecule has 0 aromatic heterocycles. The second kappa shape index (κ2) is 7.42. The quantitative estimate of drug-likeness (QED) is 0.494. The summed E-state index contributed by atoms with van der Waals surface area (Å²) in [7, 11) is 0. The van der Waals surface area contributed by atoms with Gasteiger partial charge in [-0.25, -0.2) is 0 Å². The Bertz CT molecular complexity index is 774. The summed E-state index contributed by atoms with van der Waals surface area (Å²) in [6.45, 7) is 0. The second-order valence-corrected chi connectivity index (χ2v) is 5.10. The molecule has 23 heavy (non-hydrogen) atoms. The predicted octanol–water partition coefficient (Wildman–Crippen LogP) is 3.98. The number of carbonyl (C=O) groups is 2. The second-order valence-electron chi connectivity index (χ2n) is 4.66. The Labute approximate surface area is 138 Å². The number of aliphatic hydroxyl groups excluding tert-OH is 2. The highest BCUT2D eigenvalue weighted by atomic mass is 35.5. The maximum atomic E-state index is 11.8. The van der Waals surface area contributed by atoms with Crippen molar-refractivity contribution in [3.63, 3.8) is 0 Å². The van der Waals surface area contributed by atoms with E-state index in [9.17, 15) is 19.8 Å². The van der Waals surface area contributed by atoms with Crippen LogP contribution in [-0.2, 0) is 9.59 Å². The number of aliphatic hydroxyl groups is 2. The van der Waals surface area contributed by atoms with E-state index in [1.54, 1.807) is 42.5 Å². The average molecular weight is 329 g/mol. The third kappa shape index (κ3) is 4.56. The first-order valence-corrected chi connectivity index (χ1v) is 7.06. The van der Waals surface area contributed by atoms with E-state index in [1.807, 2.05) is 0 Å². The Morgan fingerprint density at radius 2 is 1.17 bits per heavy atom. The number of hydrogen-bond donors (Lipinski definition) is 2. The van der Waals surface area contributed by atoms with Gasteiger partial charge in [0.15, 0.2) is 0 Å². The highest BCUT2D eigenvalue weighted by Gasteiger charge is 2.12. The van der Waals surface area contributed by atoms with E-state index in [-0.39, 0.29) is 11.5 Å². The van der Waals surface area contributed by atoms with Crippen LogP contribution in [0.25, 0.3) is 11.5 Å². The summed E-state index contributed by atoms with van der Waals surface area (Å²) >= 11 is 5.73. The van der Waals surface area contributed by atoms with E-state index in [2.05, 4.69) is 0 Å². The fourth-order valence-corrected chi connectivity index (χ4v) is 1.91. The molecule has 0 saturated carbocycles. The van der Waals surface area contributed by atoms with E-state index >= 15 is 0 Å².